The molecule has 42 heavy (non-hydrogen) atoms. The van der Waals surface area contributed by atoms with E-state index in [9.17, 15) is 25.2 Å². The molecule has 1 unspecified atom stereocenters. The molecule has 0 saturated heterocycles. The number of rotatable bonds is 8. The van der Waals surface area contributed by atoms with Crippen LogP contribution in [0.15, 0.2) is 115 Å². The SMILES string of the molecule is O=C1c2ccccc2N(Cc2ccccc2O)C1(Cc1ccccc1O)Cc1cc(Cc2ccccc2O)ccc1O. The number of anilines is 1. The highest BCUT2D eigenvalue weighted by Crippen LogP contribution is 2.46. The van der Waals surface area contributed by atoms with Crippen LogP contribution in [0, 0.1) is 0 Å². The second kappa shape index (κ2) is 11.0. The van der Waals surface area contributed by atoms with Gasteiger partial charge in [-0.15, -0.1) is 0 Å². The number of phenolic OH excluding ortho intramolecular Hbond substituents is 4. The van der Waals surface area contributed by atoms with Crippen LogP contribution in [-0.2, 0) is 25.8 Å². The molecule has 0 aliphatic carbocycles. The Bertz CT molecular complexity index is 1780. The van der Waals surface area contributed by atoms with Crippen molar-refractivity contribution in [2.75, 3.05) is 4.90 Å². The molecule has 4 N–H and O–H groups in total. The maximum Gasteiger partial charge on any atom is 0.191 e. The normalized spacial score (nSPS) is 16.0. The van der Waals surface area contributed by atoms with Crippen molar-refractivity contribution in [1.29, 1.82) is 0 Å². The summed E-state index contributed by atoms with van der Waals surface area (Å²) >= 11 is 0. The molecule has 0 bridgehead atoms. The van der Waals surface area contributed by atoms with Crippen molar-refractivity contribution in [3.05, 3.63) is 149 Å². The lowest BCUT2D eigenvalue weighted by molar-refractivity contribution is 0.0895. The Morgan fingerprint density at radius 3 is 1.74 bits per heavy atom. The summed E-state index contributed by atoms with van der Waals surface area (Å²) < 4.78 is 0. The summed E-state index contributed by atoms with van der Waals surface area (Å²) in [6.45, 7) is 0.237. The topological polar surface area (TPSA) is 101 Å². The fourth-order valence-electron chi connectivity index (χ4n) is 6.03. The van der Waals surface area contributed by atoms with Crippen LogP contribution in [0.25, 0.3) is 0 Å². The van der Waals surface area contributed by atoms with Crippen molar-refractivity contribution in [1.82, 2.24) is 0 Å². The number of phenols is 4. The molecule has 0 radical (unpaired) electrons. The number of Topliss-reactive ketones (excluding diaryl/α,β-unsaturated/α-hetero) is 1. The fourth-order valence-corrected chi connectivity index (χ4v) is 6.03. The van der Waals surface area contributed by atoms with Crippen LogP contribution < -0.4 is 4.90 Å². The van der Waals surface area contributed by atoms with E-state index in [1.54, 1.807) is 54.6 Å². The lowest BCUT2D eigenvalue weighted by Gasteiger charge is -2.40. The first kappa shape index (κ1) is 27.0. The summed E-state index contributed by atoms with van der Waals surface area (Å²) in [5, 5.41) is 43.0. The van der Waals surface area contributed by atoms with Gasteiger partial charge < -0.3 is 25.3 Å². The average molecular weight is 558 g/mol. The Balaban J connectivity index is 1.49. The largest absolute Gasteiger partial charge is 0.508 e. The zero-order valence-electron chi connectivity index (χ0n) is 22.9. The molecule has 0 aromatic heterocycles. The molecule has 6 heteroatoms. The molecule has 5 aromatic carbocycles. The van der Waals surface area contributed by atoms with Gasteiger partial charge in [0.25, 0.3) is 0 Å². The third-order valence-corrected chi connectivity index (χ3v) is 8.19. The molecule has 6 nitrogen and oxygen atoms in total. The van der Waals surface area contributed by atoms with E-state index in [1.165, 1.54) is 0 Å². The van der Waals surface area contributed by atoms with Gasteiger partial charge >= 0.3 is 0 Å². The monoisotopic (exact) mass is 557 g/mol. The summed E-state index contributed by atoms with van der Waals surface area (Å²) in [6.07, 6.45) is 0.759. The molecule has 1 atom stereocenters. The van der Waals surface area contributed by atoms with E-state index in [-0.39, 0.29) is 48.2 Å². The molecule has 0 saturated carbocycles. The van der Waals surface area contributed by atoms with Crippen LogP contribution in [0.5, 0.6) is 23.0 Å². The first-order valence-corrected chi connectivity index (χ1v) is 13.9. The second-order valence-corrected chi connectivity index (χ2v) is 10.8. The van der Waals surface area contributed by atoms with Crippen LogP contribution >= 0.6 is 0 Å². The van der Waals surface area contributed by atoms with Crippen molar-refractivity contribution in [3.8, 4) is 23.0 Å². The van der Waals surface area contributed by atoms with Gasteiger partial charge in [0, 0.05) is 42.6 Å². The van der Waals surface area contributed by atoms with Crippen molar-refractivity contribution < 1.29 is 25.2 Å². The number of ketones is 1. The maximum absolute atomic E-state index is 14.6. The van der Waals surface area contributed by atoms with E-state index in [0.29, 0.717) is 28.7 Å². The molecule has 1 heterocycles. The Hall–Kier alpha value is -5.23. The van der Waals surface area contributed by atoms with Gasteiger partial charge in [0.1, 0.15) is 28.5 Å². The number of benzene rings is 5. The van der Waals surface area contributed by atoms with Crippen molar-refractivity contribution in [2.45, 2.75) is 31.3 Å². The highest BCUT2D eigenvalue weighted by molar-refractivity contribution is 6.14. The number of para-hydroxylation sites is 4. The van der Waals surface area contributed by atoms with E-state index in [1.807, 2.05) is 65.6 Å². The van der Waals surface area contributed by atoms with E-state index >= 15 is 0 Å². The Morgan fingerprint density at radius 2 is 1.07 bits per heavy atom. The standard InChI is InChI=1S/C36H31NO5/c38-31-14-6-1-9-25(31)19-24-17-18-34(41)28(20-24)22-36(21-26-10-2-7-15-32(26)39)35(42)29-12-4-5-13-30(29)37(36)23-27-11-3-8-16-33(27)40/h1-18,20,38-41H,19,21-23H2. The highest BCUT2D eigenvalue weighted by Gasteiger charge is 2.51. The van der Waals surface area contributed by atoms with Gasteiger partial charge in [-0.3, -0.25) is 4.79 Å². The molecule has 210 valence electrons. The highest BCUT2D eigenvalue weighted by atomic mass is 16.3. The Kier molecular flexibility index (Phi) is 7.05. The lowest BCUT2D eigenvalue weighted by Crippen LogP contribution is -2.53. The summed E-state index contributed by atoms with van der Waals surface area (Å²) in [5.41, 5.74) is 3.50. The first-order chi connectivity index (χ1) is 20.4. The van der Waals surface area contributed by atoms with Crippen molar-refractivity contribution >= 4 is 11.5 Å². The van der Waals surface area contributed by atoms with E-state index < -0.39 is 5.54 Å². The minimum Gasteiger partial charge on any atom is -0.508 e. The van der Waals surface area contributed by atoms with Crippen LogP contribution in [0.4, 0.5) is 5.69 Å². The third kappa shape index (κ3) is 4.92. The summed E-state index contributed by atoms with van der Waals surface area (Å²) in [6, 6.07) is 33.9. The molecule has 1 aliphatic heterocycles. The molecular weight excluding hydrogens is 526 g/mol. The molecule has 0 fully saturated rings. The molecule has 1 aliphatic rings. The van der Waals surface area contributed by atoms with Crippen LogP contribution in [0.3, 0.4) is 0 Å². The number of nitrogens with zero attached hydrogens (tertiary/aromatic N) is 1. The number of fused-ring (bicyclic) bond motifs is 1. The van der Waals surface area contributed by atoms with Gasteiger partial charge in [0.2, 0.25) is 0 Å². The van der Waals surface area contributed by atoms with Gasteiger partial charge in [-0.2, -0.15) is 0 Å². The lowest BCUT2D eigenvalue weighted by atomic mass is 9.79. The smallest absolute Gasteiger partial charge is 0.191 e. The number of hydrogen-bond acceptors (Lipinski definition) is 6. The summed E-state index contributed by atoms with van der Waals surface area (Å²) in [4.78, 5) is 16.6. The third-order valence-electron chi connectivity index (χ3n) is 8.19. The minimum atomic E-state index is -1.23. The Morgan fingerprint density at radius 1 is 0.548 bits per heavy atom. The molecule has 6 rings (SSSR count). The number of hydrogen-bond donors (Lipinski definition) is 4. The first-order valence-electron chi connectivity index (χ1n) is 13.9. The fraction of sp³-hybridized carbons (Fsp3) is 0.139. The van der Waals surface area contributed by atoms with Gasteiger partial charge in [0.15, 0.2) is 5.78 Å². The molecule has 0 spiro atoms. The van der Waals surface area contributed by atoms with Crippen LogP contribution in [-0.4, -0.2) is 31.7 Å². The zero-order chi connectivity index (χ0) is 29.3. The predicted molar refractivity (Wildman–Crippen MR) is 162 cm³/mol. The van der Waals surface area contributed by atoms with E-state index in [2.05, 4.69) is 0 Å². The van der Waals surface area contributed by atoms with Crippen molar-refractivity contribution in [2.24, 2.45) is 0 Å². The number of carbonyl (C=O) groups is 1. The maximum atomic E-state index is 14.6. The number of aromatic hydroxyl groups is 4. The van der Waals surface area contributed by atoms with Gasteiger partial charge in [-0.25, -0.2) is 0 Å². The molecule has 5 aromatic rings. The zero-order valence-corrected chi connectivity index (χ0v) is 22.9. The minimum absolute atomic E-state index is 0.0546. The predicted octanol–water partition coefficient (Wildman–Crippen LogP) is 6.53. The molecule has 0 amide bonds. The quantitative estimate of drug-likeness (QED) is 0.173. The van der Waals surface area contributed by atoms with Gasteiger partial charge in [-0.05, 0) is 58.7 Å². The van der Waals surface area contributed by atoms with Crippen molar-refractivity contribution in [3.63, 3.8) is 0 Å². The average Bonchev–Trinajstić information content (AvgIpc) is 3.21. The van der Waals surface area contributed by atoms with Gasteiger partial charge in [0.05, 0.1) is 0 Å². The van der Waals surface area contributed by atoms with Crippen LogP contribution in [0.1, 0.15) is 38.2 Å². The Labute approximate surface area is 244 Å². The van der Waals surface area contributed by atoms with E-state index in [0.717, 1.165) is 16.8 Å². The van der Waals surface area contributed by atoms with E-state index in [4.69, 9.17) is 0 Å². The summed E-state index contributed by atoms with van der Waals surface area (Å²) in [5.74, 6) is 0.332. The number of carbonyl (C=O) groups excluding carboxylic acids is 1. The van der Waals surface area contributed by atoms with Gasteiger partial charge in [-0.1, -0.05) is 78.9 Å². The summed E-state index contributed by atoms with van der Waals surface area (Å²) in [7, 11) is 0. The molecular formula is C36H31NO5. The van der Waals surface area contributed by atoms with Crippen LogP contribution in [0.2, 0.25) is 0 Å². The second-order valence-electron chi connectivity index (χ2n) is 10.8.